The van der Waals surface area contributed by atoms with Gasteiger partial charge in [-0.1, -0.05) is 55.9 Å². The Kier molecular flexibility index (Phi) is 9.55. The van der Waals surface area contributed by atoms with E-state index in [-0.39, 0.29) is 5.41 Å². The number of carbonyl (C=O) groups is 1. The third-order valence-corrected chi connectivity index (χ3v) is 11.3. The molecule has 2 aromatic heterocycles. The smallest absolute Gasteiger partial charge is 0.116 e. The van der Waals surface area contributed by atoms with Crippen molar-refractivity contribution in [2.45, 2.75) is 91.0 Å². The van der Waals surface area contributed by atoms with Gasteiger partial charge in [-0.05, 0) is 106 Å². The summed E-state index contributed by atoms with van der Waals surface area (Å²) in [7, 11) is 1.00. The Morgan fingerprint density at radius 3 is 2.40 bits per heavy atom. The van der Waals surface area contributed by atoms with Gasteiger partial charge >= 0.3 is 0 Å². The second-order valence-corrected chi connectivity index (χ2v) is 13.4. The minimum absolute atomic E-state index is 0.250. The molecular formula is C37H50N4O2. The largest absolute Gasteiger partial charge is 0.400 e. The molecule has 3 fully saturated rings. The average Bonchev–Trinajstić information content (AvgIpc) is 3.76. The van der Waals surface area contributed by atoms with E-state index < -0.39 is 0 Å². The van der Waals surface area contributed by atoms with Crippen molar-refractivity contribution in [3.05, 3.63) is 79.2 Å². The zero-order chi connectivity index (χ0) is 30.6. The molecule has 43 heavy (non-hydrogen) atoms. The summed E-state index contributed by atoms with van der Waals surface area (Å²) in [5.41, 5.74) is 7.67. The van der Waals surface area contributed by atoms with E-state index in [2.05, 4.69) is 83.5 Å². The number of hydrogen-bond donors (Lipinski definition) is 1. The molecule has 0 saturated heterocycles. The third kappa shape index (κ3) is 5.71. The summed E-state index contributed by atoms with van der Waals surface area (Å²) in [4.78, 5) is 17.8. The molecule has 6 heteroatoms. The van der Waals surface area contributed by atoms with E-state index in [1.54, 1.807) is 5.57 Å². The number of carbonyl (C=O) groups excluding carboxylic acids is 1. The monoisotopic (exact) mass is 582 g/mol. The van der Waals surface area contributed by atoms with Crippen LogP contribution < -0.4 is 0 Å². The molecule has 0 aliphatic heterocycles. The van der Waals surface area contributed by atoms with Crippen LogP contribution in [0.25, 0.3) is 16.7 Å². The Balaban J connectivity index is 0.000000322. The number of nitrogens with zero attached hydrogens (tertiary/aromatic N) is 4. The number of hydrogen-bond acceptors (Lipinski definition) is 4. The van der Waals surface area contributed by atoms with E-state index in [4.69, 9.17) is 14.9 Å². The van der Waals surface area contributed by atoms with Crippen LogP contribution in [-0.4, -0.2) is 37.6 Å². The van der Waals surface area contributed by atoms with Crippen molar-refractivity contribution in [3.8, 4) is 0 Å². The number of aliphatic hydroxyl groups excluding tert-OH is 1. The average molecular weight is 583 g/mol. The zero-order valence-electron chi connectivity index (χ0n) is 26.6. The standard InChI is InChI=1S/C29H34N4.C5H8.C2H4O.CH4O/c1-28-13-11-21(32-16-15-30-18-32)17-20(28)7-8-22-23-9-10-27(29(23,2)14-12-24(22)28)33-19-31-25-5-3-4-6-26(25)33;1-5-3-2-4-5;1-2-3;1-2/h3-7,10,15-16,18-19,21-24H,8-9,11-14,17H2,1-2H3;1-4H2;2H,1H3;2H,1H3. The summed E-state index contributed by atoms with van der Waals surface area (Å²) >= 11 is 0. The predicted molar refractivity (Wildman–Crippen MR) is 175 cm³/mol. The van der Waals surface area contributed by atoms with Crippen molar-refractivity contribution in [1.82, 2.24) is 19.1 Å². The third-order valence-electron chi connectivity index (χ3n) is 11.3. The lowest BCUT2D eigenvalue weighted by Crippen LogP contribution is -2.49. The molecule has 0 amide bonds. The molecule has 1 aromatic carbocycles. The van der Waals surface area contributed by atoms with Gasteiger partial charge < -0.3 is 19.0 Å². The molecular weight excluding hydrogens is 532 g/mol. The van der Waals surface area contributed by atoms with Crippen LogP contribution in [0.1, 0.15) is 91.0 Å². The quantitative estimate of drug-likeness (QED) is 0.243. The van der Waals surface area contributed by atoms with E-state index in [9.17, 15) is 0 Å². The number of allylic oxidation sites excluding steroid dienone is 5. The number of aromatic nitrogens is 4. The van der Waals surface area contributed by atoms with E-state index in [0.717, 1.165) is 36.7 Å². The van der Waals surface area contributed by atoms with Gasteiger partial charge in [-0.15, -0.1) is 0 Å². The van der Waals surface area contributed by atoms with Gasteiger partial charge in [-0.2, -0.15) is 0 Å². The minimum Gasteiger partial charge on any atom is -0.400 e. The maximum Gasteiger partial charge on any atom is 0.116 e. The van der Waals surface area contributed by atoms with E-state index >= 15 is 0 Å². The lowest BCUT2D eigenvalue weighted by atomic mass is 9.47. The highest BCUT2D eigenvalue weighted by molar-refractivity contribution is 5.80. The number of rotatable bonds is 2. The van der Waals surface area contributed by atoms with Crippen molar-refractivity contribution in [3.63, 3.8) is 0 Å². The van der Waals surface area contributed by atoms with Crippen LogP contribution in [0.15, 0.2) is 79.2 Å². The molecule has 2 heterocycles. The van der Waals surface area contributed by atoms with Crippen molar-refractivity contribution in [2.24, 2.45) is 28.6 Å². The van der Waals surface area contributed by atoms with Crippen LogP contribution in [0.3, 0.4) is 0 Å². The molecule has 230 valence electrons. The molecule has 5 aliphatic rings. The van der Waals surface area contributed by atoms with Gasteiger partial charge in [0.15, 0.2) is 0 Å². The van der Waals surface area contributed by atoms with Gasteiger partial charge in [0, 0.05) is 36.7 Å². The first-order valence-electron chi connectivity index (χ1n) is 16.2. The Morgan fingerprint density at radius 2 is 1.72 bits per heavy atom. The maximum atomic E-state index is 8.81. The fraction of sp³-hybridized carbons (Fsp3) is 0.541. The molecule has 8 rings (SSSR count). The summed E-state index contributed by atoms with van der Waals surface area (Å²) in [6, 6.07) is 9.17. The highest BCUT2D eigenvalue weighted by Gasteiger charge is 2.57. The number of para-hydroxylation sites is 2. The topological polar surface area (TPSA) is 72.9 Å². The second kappa shape index (κ2) is 13.2. The van der Waals surface area contributed by atoms with Crippen LogP contribution in [0.2, 0.25) is 0 Å². The summed E-state index contributed by atoms with van der Waals surface area (Å²) in [5, 5.41) is 7.00. The van der Waals surface area contributed by atoms with Crippen molar-refractivity contribution in [1.29, 1.82) is 0 Å². The zero-order valence-corrected chi connectivity index (χ0v) is 26.6. The Labute approximate surface area is 257 Å². The molecule has 6 nitrogen and oxygen atoms in total. The Hall–Kier alpha value is -3.25. The molecule has 0 bridgehead atoms. The Bertz CT molecular complexity index is 1460. The number of benzene rings is 1. The highest BCUT2D eigenvalue weighted by Crippen LogP contribution is 2.66. The van der Waals surface area contributed by atoms with Crippen LogP contribution in [0.5, 0.6) is 0 Å². The molecule has 6 unspecified atom stereocenters. The van der Waals surface area contributed by atoms with Crippen LogP contribution in [0, 0.1) is 28.6 Å². The normalized spacial score (nSPS) is 32.0. The molecule has 1 N–H and O–H groups in total. The first-order valence-corrected chi connectivity index (χ1v) is 16.2. The van der Waals surface area contributed by atoms with Crippen LogP contribution in [0.4, 0.5) is 0 Å². The Morgan fingerprint density at radius 1 is 1.00 bits per heavy atom. The lowest BCUT2D eigenvalue weighted by Gasteiger charge is -2.58. The molecule has 3 saturated carbocycles. The number of fused-ring (bicyclic) bond motifs is 6. The SMILES string of the molecule is C=C1CCC1.CC12CCC(n3ccnc3)CC1=CCC1C2CCC2(C)C(n3cnc4ccccc43)=CCC12.CC=O.CO. The first-order chi connectivity index (χ1) is 20.9. The summed E-state index contributed by atoms with van der Waals surface area (Å²) in [5.74, 6) is 2.37. The maximum absolute atomic E-state index is 8.81. The van der Waals surface area contributed by atoms with Crippen LogP contribution in [-0.2, 0) is 4.79 Å². The van der Waals surface area contributed by atoms with E-state index in [1.807, 2.05) is 12.5 Å². The predicted octanol–water partition coefficient (Wildman–Crippen LogP) is 8.43. The van der Waals surface area contributed by atoms with Gasteiger partial charge in [0.2, 0.25) is 0 Å². The van der Waals surface area contributed by atoms with Crippen molar-refractivity contribution in [2.75, 3.05) is 7.11 Å². The van der Waals surface area contributed by atoms with Gasteiger partial charge in [0.25, 0.3) is 0 Å². The highest BCUT2D eigenvalue weighted by atomic mass is 16.2. The van der Waals surface area contributed by atoms with Crippen molar-refractivity contribution < 1.29 is 9.90 Å². The number of aldehydes is 1. The second-order valence-electron chi connectivity index (χ2n) is 13.4. The van der Waals surface area contributed by atoms with E-state index in [0.29, 0.717) is 11.5 Å². The first kappa shape index (κ1) is 31.2. The molecule has 0 radical (unpaired) electrons. The van der Waals surface area contributed by atoms with Gasteiger partial charge in [0.05, 0.1) is 17.4 Å². The lowest BCUT2D eigenvalue weighted by molar-refractivity contribution is -0.106. The molecule has 3 aromatic rings. The van der Waals surface area contributed by atoms with Gasteiger partial charge in [0.1, 0.15) is 12.6 Å². The van der Waals surface area contributed by atoms with Crippen LogP contribution >= 0.6 is 0 Å². The van der Waals surface area contributed by atoms with E-state index in [1.165, 1.54) is 87.9 Å². The summed E-state index contributed by atoms with van der Waals surface area (Å²) in [6.07, 6.45) is 27.0. The van der Waals surface area contributed by atoms with Gasteiger partial charge in [-0.3, -0.25) is 0 Å². The minimum atomic E-state index is 0.250. The number of aliphatic hydroxyl groups is 1. The number of imidazole rings is 2. The summed E-state index contributed by atoms with van der Waals surface area (Å²) < 4.78 is 4.74. The molecule has 5 aliphatic carbocycles. The summed E-state index contributed by atoms with van der Waals surface area (Å²) in [6.45, 7) is 10.4. The van der Waals surface area contributed by atoms with Crippen molar-refractivity contribution >= 4 is 23.0 Å². The molecule has 0 spiro atoms. The fourth-order valence-electron chi connectivity index (χ4n) is 8.88. The van der Waals surface area contributed by atoms with Gasteiger partial charge in [-0.25, -0.2) is 9.97 Å². The fourth-order valence-corrected chi connectivity index (χ4v) is 8.88. The molecule has 6 atom stereocenters.